The maximum Gasteiger partial charge on any atom is 0.242 e. The number of rotatable bonds is 7. The van der Waals surface area contributed by atoms with E-state index in [2.05, 4.69) is 10.3 Å². The van der Waals surface area contributed by atoms with Crippen molar-refractivity contribution in [2.45, 2.75) is 25.9 Å². The molecule has 0 radical (unpaired) electrons. The highest BCUT2D eigenvalue weighted by Crippen LogP contribution is 2.17. The van der Waals surface area contributed by atoms with Crippen molar-refractivity contribution < 1.29 is 14.3 Å². The molecule has 3 aromatic rings. The van der Waals surface area contributed by atoms with Crippen molar-refractivity contribution >= 4 is 22.8 Å². The molecule has 30 heavy (non-hydrogen) atoms. The first-order valence-corrected chi connectivity index (χ1v) is 10.3. The molecular formula is C23H26N4O3. The summed E-state index contributed by atoms with van der Waals surface area (Å²) in [4.78, 5) is 31.6. The number of imidazole rings is 1. The number of ether oxygens (including phenoxy) is 1. The zero-order chi connectivity index (χ0) is 20.8. The van der Waals surface area contributed by atoms with Gasteiger partial charge in [-0.1, -0.05) is 42.5 Å². The van der Waals surface area contributed by atoms with Crippen molar-refractivity contribution in [2.75, 3.05) is 26.3 Å². The Labute approximate surface area is 175 Å². The van der Waals surface area contributed by atoms with Crippen LogP contribution in [0.5, 0.6) is 0 Å². The molecule has 0 atom stereocenters. The van der Waals surface area contributed by atoms with Gasteiger partial charge in [-0.3, -0.25) is 9.59 Å². The van der Waals surface area contributed by atoms with Crippen LogP contribution in [-0.4, -0.2) is 52.6 Å². The Bertz CT molecular complexity index is 1010. The van der Waals surface area contributed by atoms with Crippen LogP contribution in [0.1, 0.15) is 17.8 Å². The van der Waals surface area contributed by atoms with Crippen molar-refractivity contribution in [3.8, 4) is 0 Å². The smallest absolute Gasteiger partial charge is 0.242 e. The van der Waals surface area contributed by atoms with E-state index in [1.165, 1.54) is 0 Å². The molecule has 0 saturated carbocycles. The molecule has 2 aromatic carbocycles. The molecule has 2 heterocycles. The van der Waals surface area contributed by atoms with Crippen molar-refractivity contribution in [3.05, 3.63) is 66.0 Å². The summed E-state index contributed by atoms with van der Waals surface area (Å²) in [5.41, 5.74) is 2.85. The van der Waals surface area contributed by atoms with Gasteiger partial charge in [-0.2, -0.15) is 0 Å². The Morgan fingerprint density at radius 3 is 2.53 bits per heavy atom. The summed E-state index contributed by atoms with van der Waals surface area (Å²) in [5.74, 6) is 0.695. The lowest BCUT2D eigenvalue weighted by atomic mass is 10.1. The number of nitrogens with zero attached hydrogens (tertiary/aromatic N) is 3. The second kappa shape index (κ2) is 9.54. The third-order valence-corrected chi connectivity index (χ3v) is 5.32. The number of nitrogens with one attached hydrogen (secondary N) is 1. The SMILES string of the molecule is O=C(CCc1ccccc1)NCc1nc2ccccc2n1CC(=O)N1CCOCC1. The number of benzene rings is 2. The number of hydrogen-bond donors (Lipinski definition) is 1. The summed E-state index contributed by atoms with van der Waals surface area (Å²) in [5, 5.41) is 2.96. The van der Waals surface area contributed by atoms with Crippen LogP contribution in [0.2, 0.25) is 0 Å². The van der Waals surface area contributed by atoms with E-state index in [1.807, 2.05) is 64.1 Å². The number of fused-ring (bicyclic) bond motifs is 1. The lowest BCUT2D eigenvalue weighted by Crippen LogP contribution is -2.42. The second-order valence-corrected chi connectivity index (χ2v) is 7.36. The quantitative estimate of drug-likeness (QED) is 0.652. The second-order valence-electron chi connectivity index (χ2n) is 7.36. The molecule has 1 fully saturated rings. The van der Waals surface area contributed by atoms with E-state index < -0.39 is 0 Å². The minimum absolute atomic E-state index is 0.0306. The van der Waals surface area contributed by atoms with E-state index in [-0.39, 0.29) is 18.4 Å². The van der Waals surface area contributed by atoms with Gasteiger partial charge in [-0.05, 0) is 24.1 Å². The van der Waals surface area contributed by atoms with Gasteiger partial charge in [0.1, 0.15) is 12.4 Å². The molecule has 1 aromatic heterocycles. The summed E-state index contributed by atoms with van der Waals surface area (Å²) < 4.78 is 7.25. The Hall–Kier alpha value is -3.19. The van der Waals surface area contributed by atoms with Crippen LogP contribution in [0.15, 0.2) is 54.6 Å². The fourth-order valence-corrected chi connectivity index (χ4v) is 3.65. The highest BCUT2D eigenvalue weighted by atomic mass is 16.5. The van der Waals surface area contributed by atoms with Gasteiger partial charge in [-0.15, -0.1) is 0 Å². The van der Waals surface area contributed by atoms with Crippen LogP contribution in [0.4, 0.5) is 0 Å². The summed E-state index contributed by atoms with van der Waals surface area (Å²) in [7, 11) is 0. The molecule has 1 saturated heterocycles. The van der Waals surface area contributed by atoms with E-state index in [0.717, 1.165) is 16.6 Å². The zero-order valence-corrected chi connectivity index (χ0v) is 16.9. The van der Waals surface area contributed by atoms with E-state index in [0.29, 0.717) is 51.5 Å². The molecule has 1 aliphatic rings. The predicted octanol–water partition coefficient (Wildman–Crippen LogP) is 2.14. The molecule has 0 spiro atoms. The van der Waals surface area contributed by atoms with E-state index >= 15 is 0 Å². The highest BCUT2D eigenvalue weighted by molar-refractivity contribution is 5.81. The summed E-state index contributed by atoms with van der Waals surface area (Å²) in [6.07, 6.45) is 1.11. The average Bonchev–Trinajstić information content (AvgIpc) is 3.15. The number of amides is 2. The lowest BCUT2D eigenvalue weighted by Gasteiger charge is -2.27. The zero-order valence-electron chi connectivity index (χ0n) is 16.9. The van der Waals surface area contributed by atoms with E-state index in [1.54, 1.807) is 0 Å². The number of hydrogen-bond acceptors (Lipinski definition) is 4. The number of carbonyl (C=O) groups is 2. The van der Waals surface area contributed by atoms with Crippen molar-refractivity contribution in [1.82, 2.24) is 19.8 Å². The summed E-state index contributed by atoms with van der Waals surface area (Å²) >= 11 is 0. The third-order valence-electron chi connectivity index (χ3n) is 5.32. The van der Waals surface area contributed by atoms with Crippen LogP contribution in [0.25, 0.3) is 11.0 Å². The van der Waals surface area contributed by atoms with Gasteiger partial charge >= 0.3 is 0 Å². The van der Waals surface area contributed by atoms with Gasteiger partial charge in [0, 0.05) is 19.5 Å². The van der Waals surface area contributed by atoms with Gasteiger partial charge in [0.05, 0.1) is 30.8 Å². The Morgan fingerprint density at radius 2 is 1.73 bits per heavy atom. The predicted molar refractivity (Wildman–Crippen MR) is 114 cm³/mol. The monoisotopic (exact) mass is 406 g/mol. The summed E-state index contributed by atoms with van der Waals surface area (Å²) in [6.45, 7) is 2.85. The van der Waals surface area contributed by atoms with Gasteiger partial charge < -0.3 is 19.5 Å². The topological polar surface area (TPSA) is 76.5 Å². The largest absolute Gasteiger partial charge is 0.378 e. The molecule has 0 aliphatic carbocycles. The lowest BCUT2D eigenvalue weighted by molar-refractivity contribution is -0.135. The minimum Gasteiger partial charge on any atom is -0.378 e. The number of carbonyl (C=O) groups excluding carboxylic acids is 2. The maximum absolute atomic E-state index is 12.8. The highest BCUT2D eigenvalue weighted by Gasteiger charge is 2.20. The Kier molecular flexibility index (Phi) is 6.39. The normalized spacial score (nSPS) is 14.1. The van der Waals surface area contributed by atoms with Gasteiger partial charge in [0.15, 0.2) is 0 Å². The number of aryl methyl sites for hydroxylation is 1. The average molecular weight is 406 g/mol. The molecule has 4 rings (SSSR count). The van der Waals surface area contributed by atoms with Crippen molar-refractivity contribution in [2.24, 2.45) is 0 Å². The molecule has 1 N–H and O–H groups in total. The molecular weight excluding hydrogens is 380 g/mol. The van der Waals surface area contributed by atoms with E-state index in [9.17, 15) is 9.59 Å². The van der Waals surface area contributed by atoms with Crippen LogP contribution in [0, 0.1) is 0 Å². The molecule has 0 unspecified atom stereocenters. The molecule has 7 heteroatoms. The van der Waals surface area contributed by atoms with Crippen LogP contribution >= 0.6 is 0 Å². The molecule has 1 aliphatic heterocycles. The molecule has 0 bridgehead atoms. The summed E-state index contributed by atoms with van der Waals surface area (Å²) in [6, 6.07) is 17.7. The first kappa shape index (κ1) is 20.1. The first-order valence-electron chi connectivity index (χ1n) is 10.3. The number of morpholine rings is 1. The number of para-hydroxylation sites is 2. The fraction of sp³-hybridized carbons (Fsp3) is 0.348. The van der Waals surface area contributed by atoms with Crippen molar-refractivity contribution in [3.63, 3.8) is 0 Å². The Morgan fingerprint density at radius 1 is 1.00 bits per heavy atom. The third kappa shape index (κ3) is 4.86. The molecule has 2 amide bonds. The number of aromatic nitrogens is 2. The van der Waals surface area contributed by atoms with Gasteiger partial charge in [0.2, 0.25) is 11.8 Å². The van der Waals surface area contributed by atoms with Gasteiger partial charge in [0.25, 0.3) is 0 Å². The fourth-order valence-electron chi connectivity index (χ4n) is 3.65. The minimum atomic E-state index is -0.0306. The Balaban J connectivity index is 1.43. The molecule has 156 valence electrons. The molecule has 7 nitrogen and oxygen atoms in total. The standard InChI is InChI=1S/C23H26N4O3/c28-22(11-10-18-6-2-1-3-7-18)24-16-21-25-19-8-4-5-9-20(19)27(21)17-23(29)26-12-14-30-15-13-26/h1-9H,10-17H2,(H,24,28). The van der Waals surface area contributed by atoms with Crippen molar-refractivity contribution in [1.29, 1.82) is 0 Å². The van der Waals surface area contributed by atoms with Gasteiger partial charge in [-0.25, -0.2) is 4.98 Å². The van der Waals surface area contributed by atoms with Crippen LogP contribution < -0.4 is 5.32 Å². The first-order chi connectivity index (χ1) is 14.7. The maximum atomic E-state index is 12.8. The van der Waals surface area contributed by atoms with Crippen LogP contribution in [0.3, 0.4) is 0 Å². The van der Waals surface area contributed by atoms with E-state index in [4.69, 9.17) is 4.74 Å². The van der Waals surface area contributed by atoms with Crippen LogP contribution in [-0.2, 0) is 33.8 Å².